The van der Waals surface area contributed by atoms with Crippen LogP contribution in [-0.4, -0.2) is 45.5 Å². The highest BCUT2D eigenvalue weighted by molar-refractivity contribution is 9.10. The van der Waals surface area contributed by atoms with Crippen molar-refractivity contribution in [1.82, 2.24) is 9.47 Å². The van der Waals surface area contributed by atoms with Crippen molar-refractivity contribution in [2.45, 2.75) is 42.0 Å². The van der Waals surface area contributed by atoms with Crippen LogP contribution < -0.4 is 9.77 Å². The monoisotopic (exact) mass is 615 g/mol. The fourth-order valence-electron chi connectivity index (χ4n) is 5.51. The minimum absolute atomic E-state index is 0.0913. The van der Waals surface area contributed by atoms with Gasteiger partial charge in [-0.15, -0.1) is 0 Å². The number of imide groups is 1. The molecular weight excluding hydrogens is 593 g/mol. The van der Waals surface area contributed by atoms with Crippen LogP contribution in [0.1, 0.15) is 35.6 Å². The predicted molar refractivity (Wildman–Crippen MR) is 147 cm³/mol. The van der Waals surface area contributed by atoms with Gasteiger partial charge in [0.1, 0.15) is 17.6 Å². The van der Waals surface area contributed by atoms with Crippen molar-refractivity contribution in [3.63, 3.8) is 0 Å². The third-order valence-electron chi connectivity index (χ3n) is 7.37. The number of thiazole rings is 1. The van der Waals surface area contributed by atoms with Crippen LogP contribution in [-0.2, 0) is 20.9 Å². The summed E-state index contributed by atoms with van der Waals surface area (Å²) in [5.74, 6) is -2.63. The first kappa shape index (κ1) is 25.5. The fourth-order valence-corrected chi connectivity index (χ4v) is 8.55. The van der Waals surface area contributed by atoms with Gasteiger partial charge in [0.05, 0.1) is 16.6 Å². The van der Waals surface area contributed by atoms with Gasteiger partial charge in [-0.05, 0) is 61.2 Å². The molecule has 2 saturated heterocycles. The highest BCUT2D eigenvalue weighted by Crippen LogP contribution is 2.54. The van der Waals surface area contributed by atoms with Gasteiger partial charge in [-0.1, -0.05) is 51.2 Å². The van der Waals surface area contributed by atoms with Crippen LogP contribution in [0.3, 0.4) is 0 Å². The van der Waals surface area contributed by atoms with Gasteiger partial charge in [0.2, 0.25) is 17.7 Å². The summed E-state index contributed by atoms with van der Waals surface area (Å²) in [7, 11) is 0. The van der Waals surface area contributed by atoms with E-state index >= 15 is 0 Å². The number of nitrogens with zero attached hydrogens (tertiary/aromatic N) is 3. The van der Waals surface area contributed by atoms with Crippen molar-refractivity contribution < 1.29 is 18.8 Å². The molecule has 3 atom stereocenters. The molecule has 3 aliphatic rings. The van der Waals surface area contributed by atoms with E-state index in [9.17, 15) is 23.6 Å². The molecule has 2 aromatic carbocycles. The summed E-state index contributed by atoms with van der Waals surface area (Å²) in [6.45, 7) is 1.27. The molecule has 0 N–H and O–H groups in total. The second kappa shape index (κ2) is 10.1. The number of anilines is 1. The summed E-state index contributed by atoms with van der Waals surface area (Å²) in [6.07, 6.45) is 2.98. The minimum Gasteiger partial charge on any atom is -0.341 e. The van der Waals surface area contributed by atoms with E-state index in [0.29, 0.717) is 28.7 Å². The number of hydrogen-bond donors (Lipinski definition) is 0. The highest BCUT2D eigenvalue weighted by atomic mass is 79.9. The summed E-state index contributed by atoms with van der Waals surface area (Å²) in [4.78, 5) is 57.2. The molecule has 0 spiro atoms. The summed E-state index contributed by atoms with van der Waals surface area (Å²) in [5.41, 5.74) is 1.12. The molecule has 2 fully saturated rings. The number of piperidine rings is 1. The number of carbonyl (C=O) groups excluding carboxylic acids is 3. The van der Waals surface area contributed by atoms with Gasteiger partial charge >= 0.3 is 4.87 Å². The first-order valence-electron chi connectivity index (χ1n) is 12.4. The summed E-state index contributed by atoms with van der Waals surface area (Å²) in [5, 5.41) is -0.208. The first-order chi connectivity index (χ1) is 18.3. The van der Waals surface area contributed by atoms with Crippen molar-refractivity contribution in [3.05, 3.63) is 78.9 Å². The van der Waals surface area contributed by atoms with E-state index in [1.54, 1.807) is 4.90 Å². The van der Waals surface area contributed by atoms with Gasteiger partial charge in [0.15, 0.2) is 0 Å². The van der Waals surface area contributed by atoms with Gasteiger partial charge in [-0.3, -0.25) is 23.7 Å². The number of likely N-dealkylation sites (tertiary alicyclic amines) is 1. The van der Waals surface area contributed by atoms with E-state index in [-0.39, 0.29) is 23.2 Å². The van der Waals surface area contributed by atoms with Crippen molar-refractivity contribution in [1.29, 1.82) is 0 Å². The minimum atomic E-state index is -0.779. The van der Waals surface area contributed by atoms with E-state index in [1.807, 2.05) is 24.3 Å². The molecule has 7 nitrogen and oxygen atoms in total. The van der Waals surface area contributed by atoms with Crippen molar-refractivity contribution >= 4 is 62.4 Å². The Balaban J connectivity index is 1.43. The van der Waals surface area contributed by atoms with Gasteiger partial charge in [-0.2, -0.15) is 0 Å². The molecular formula is C27H23BrFN3O4S2. The Labute approximate surface area is 234 Å². The second-order valence-electron chi connectivity index (χ2n) is 9.65. The normalized spacial score (nSPS) is 22.9. The number of carbonyl (C=O) groups is 3. The van der Waals surface area contributed by atoms with Crippen molar-refractivity contribution in [2.24, 2.45) is 5.92 Å². The number of fused-ring (bicyclic) bond motifs is 2. The molecule has 4 heterocycles. The van der Waals surface area contributed by atoms with E-state index in [4.69, 9.17) is 0 Å². The van der Waals surface area contributed by atoms with Gasteiger partial charge < -0.3 is 4.90 Å². The number of rotatable bonds is 4. The van der Waals surface area contributed by atoms with E-state index < -0.39 is 28.8 Å². The van der Waals surface area contributed by atoms with Crippen LogP contribution in [0.4, 0.5) is 10.1 Å². The molecule has 3 amide bonds. The molecule has 0 bridgehead atoms. The molecule has 0 aliphatic carbocycles. The molecule has 0 saturated carbocycles. The first-order valence-corrected chi connectivity index (χ1v) is 14.9. The van der Waals surface area contributed by atoms with Gasteiger partial charge in [0.25, 0.3) is 0 Å². The lowest BCUT2D eigenvalue weighted by Gasteiger charge is -2.31. The van der Waals surface area contributed by atoms with Crippen molar-refractivity contribution in [2.75, 3.05) is 18.0 Å². The highest BCUT2D eigenvalue weighted by Gasteiger charge is 2.56. The Morgan fingerprint density at radius 3 is 2.32 bits per heavy atom. The Kier molecular flexibility index (Phi) is 6.77. The quantitative estimate of drug-likeness (QED) is 0.400. The SMILES string of the molecule is O=C(Cn1c2c(sc1=O)C(c1ccc(Br)cc1)C1C(=O)N(c3ccc(F)cc3)C(=O)C1S2)N1CCCCC1. The van der Waals surface area contributed by atoms with Gasteiger partial charge in [0, 0.05) is 28.4 Å². The van der Waals surface area contributed by atoms with Crippen LogP contribution in [0, 0.1) is 11.7 Å². The Bertz CT molecular complexity index is 1480. The standard InChI is InChI=1S/C27H23BrFN3O4S2/c28-16-6-4-15(5-7-16)20-21-22(25(35)32(24(21)34)18-10-8-17(29)9-11-18)37-26-23(20)38-27(36)31(26)14-19(33)30-12-2-1-3-13-30/h4-11,20-22H,1-3,12-14H2. The molecule has 38 heavy (non-hydrogen) atoms. The third kappa shape index (κ3) is 4.34. The maximum Gasteiger partial charge on any atom is 0.308 e. The molecule has 3 aromatic rings. The van der Waals surface area contributed by atoms with Crippen LogP contribution >= 0.6 is 39.0 Å². The zero-order chi connectivity index (χ0) is 26.6. The molecule has 1 aromatic heterocycles. The van der Waals surface area contributed by atoms with Crippen LogP contribution in [0.25, 0.3) is 0 Å². The zero-order valence-corrected chi connectivity index (χ0v) is 23.4. The maximum absolute atomic E-state index is 13.8. The fraction of sp³-hybridized carbons (Fsp3) is 0.333. The number of thioether (sulfide) groups is 1. The Morgan fingerprint density at radius 1 is 0.947 bits per heavy atom. The van der Waals surface area contributed by atoms with Crippen molar-refractivity contribution in [3.8, 4) is 0 Å². The molecule has 6 rings (SSSR count). The molecule has 3 aliphatic heterocycles. The average molecular weight is 617 g/mol. The third-order valence-corrected chi connectivity index (χ3v) is 10.5. The predicted octanol–water partition coefficient (Wildman–Crippen LogP) is 4.62. The van der Waals surface area contributed by atoms with Crippen LogP contribution in [0.2, 0.25) is 0 Å². The molecule has 196 valence electrons. The summed E-state index contributed by atoms with van der Waals surface area (Å²) in [6, 6.07) is 12.8. The zero-order valence-electron chi connectivity index (χ0n) is 20.1. The van der Waals surface area contributed by atoms with Crippen LogP contribution in [0.5, 0.6) is 0 Å². The molecule has 11 heteroatoms. The van der Waals surface area contributed by atoms with E-state index in [1.165, 1.54) is 40.6 Å². The largest absolute Gasteiger partial charge is 0.341 e. The van der Waals surface area contributed by atoms with Crippen LogP contribution in [0.15, 0.2) is 62.8 Å². The van der Waals surface area contributed by atoms with Gasteiger partial charge in [-0.25, -0.2) is 9.29 Å². The topological polar surface area (TPSA) is 79.7 Å². The number of aromatic nitrogens is 1. The number of benzene rings is 2. The van der Waals surface area contributed by atoms with E-state index in [0.717, 1.165) is 45.5 Å². The number of hydrogen-bond acceptors (Lipinski definition) is 6. The lowest BCUT2D eigenvalue weighted by molar-refractivity contribution is -0.133. The number of halogens is 2. The molecule has 0 radical (unpaired) electrons. The lowest BCUT2D eigenvalue weighted by Crippen LogP contribution is -2.39. The summed E-state index contributed by atoms with van der Waals surface area (Å²) < 4.78 is 15.9. The second-order valence-corrected chi connectivity index (χ2v) is 12.7. The Hall–Kier alpha value is -2.76. The lowest BCUT2D eigenvalue weighted by atomic mass is 9.83. The molecule has 3 unspecified atom stereocenters. The maximum atomic E-state index is 13.8. The smallest absolute Gasteiger partial charge is 0.308 e. The van der Waals surface area contributed by atoms with E-state index in [2.05, 4.69) is 15.9 Å². The Morgan fingerprint density at radius 2 is 1.63 bits per heavy atom. The number of amides is 3. The average Bonchev–Trinajstić information content (AvgIpc) is 3.36. The summed E-state index contributed by atoms with van der Waals surface area (Å²) >= 11 is 5.67.